The smallest absolute Gasteiger partial charge is 0.338 e. The number of esters is 1. The van der Waals surface area contributed by atoms with Crippen LogP contribution in [0.4, 0.5) is 10.5 Å². The van der Waals surface area contributed by atoms with Crippen LogP contribution >= 0.6 is 11.6 Å². The first kappa shape index (κ1) is 23.7. The van der Waals surface area contributed by atoms with Crippen molar-refractivity contribution in [3.05, 3.63) is 64.2 Å². The number of carbonyl (C=O) groups is 5. The molecular formula is C22H21ClN4O6. The Bertz CT molecular complexity index is 1100. The van der Waals surface area contributed by atoms with Gasteiger partial charge in [0, 0.05) is 10.7 Å². The molecule has 0 spiro atoms. The lowest BCUT2D eigenvalue weighted by Crippen LogP contribution is -2.35. The van der Waals surface area contributed by atoms with Crippen molar-refractivity contribution < 1.29 is 28.7 Å². The maximum Gasteiger partial charge on any atom is 0.338 e. The molecule has 3 N–H and O–H groups in total. The van der Waals surface area contributed by atoms with Gasteiger partial charge in [-0.1, -0.05) is 29.8 Å². The summed E-state index contributed by atoms with van der Waals surface area (Å²) in [6, 6.07) is 10.8. The summed E-state index contributed by atoms with van der Waals surface area (Å²) in [7, 11) is 0. The highest BCUT2D eigenvalue weighted by molar-refractivity contribution is 6.31. The maximum atomic E-state index is 12.3. The highest BCUT2D eigenvalue weighted by Crippen LogP contribution is 2.22. The van der Waals surface area contributed by atoms with E-state index in [1.54, 1.807) is 37.3 Å². The molecule has 5 amide bonds. The van der Waals surface area contributed by atoms with E-state index >= 15 is 0 Å². The minimum Gasteiger partial charge on any atom is -0.452 e. The van der Waals surface area contributed by atoms with Gasteiger partial charge in [-0.25, -0.2) is 9.59 Å². The van der Waals surface area contributed by atoms with E-state index < -0.39 is 30.4 Å². The molecule has 2 aromatic rings. The SMILES string of the molecule is Cc1c(Cl)cccc1NC(=O)CNC(=O)COC(=O)c1cccc(CN2C(=O)CNC2=O)c1. The Hall–Kier alpha value is -3.92. The molecule has 0 saturated carbocycles. The highest BCUT2D eigenvalue weighted by Gasteiger charge is 2.28. The van der Waals surface area contributed by atoms with Gasteiger partial charge in [-0.05, 0) is 42.3 Å². The lowest BCUT2D eigenvalue weighted by Gasteiger charge is -2.13. The number of anilines is 1. The van der Waals surface area contributed by atoms with E-state index in [0.29, 0.717) is 21.8 Å². The van der Waals surface area contributed by atoms with Crippen molar-refractivity contribution in [3.8, 4) is 0 Å². The zero-order valence-corrected chi connectivity index (χ0v) is 18.4. The van der Waals surface area contributed by atoms with Crippen LogP contribution in [0.25, 0.3) is 0 Å². The second-order valence-electron chi connectivity index (χ2n) is 7.15. The van der Waals surface area contributed by atoms with E-state index in [1.807, 2.05) is 0 Å². The van der Waals surface area contributed by atoms with Gasteiger partial charge in [0.25, 0.3) is 5.91 Å². The molecule has 0 atom stereocenters. The fraction of sp³-hybridized carbons (Fsp3) is 0.227. The molecule has 1 fully saturated rings. The van der Waals surface area contributed by atoms with Gasteiger partial charge < -0.3 is 20.7 Å². The summed E-state index contributed by atoms with van der Waals surface area (Å²) in [4.78, 5) is 60.6. The Labute approximate surface area is 194 Å². The summed E-state index contributed by atoms with van der Waals surface area (Å²) in [5.41, 5.74) is 1.93. The van der Waals surface area contributed by atoms with Crippen molar-refractivity contribution in [3.63, 3.8) is 0 Å². The summed E-state index contributed by atoms with van der Waals surface area (Å²) >= 11 is 6.01. The number of rotatable bonds is 8. The second kappa shape index (κ2) is 10.6. The Balaban J connectivity index is 1.46. The molecule has 172 valence electrons. The minimum absolute atomic E-state index is 0.00743. The molecule has 10 nitrogen and oxygen atoms in total. The van der Waals surface area contributed by atoms with Gasteiger partial charge in [0.15, 0.2) is 6.61 Å². The number of ether oxygens (including phenoxy) is 1. The van der Waals surface area contributed by atoms with Crippen LogP contribution in [0, 0.1) is 6.92 Å². The lowest BCUT2D eigenvalue weighted by molar-refractivity contribution is -0.126. The van der Waals surface area contributed by atoms with Gasteiger partial charge in [0.05, 0.1) is 25.2 Å². The van der Waals surface area contributed by atoms with Gasteiger partial charge in [-0.3, -0.25) is 19.3 Å². The van der Waals surface area contributed by atoms with Gasteiger partial charge in [-0.2, -0.15) is 0 Å². The monoisotopic (exact) mass is 472 g/mol. The molecular weight excluding hydrogens is 452 g/mol. The molecule has 0 unspecified atom stereocenters. The van der Waals surface area contributed by atoms with E-state index in [0.717, 1.165) is 4.90 Å². The number of urea groups is 1. The molecule has 1 heterocycles. The molecule has 0 aromatic heterocycles. The topological polar surface area (TPSA) is 134 Å². The fourth-order valence-corrected chi connectivity index (χ4v) is 3.15. The standard InChI is InChI=1S/C22H21ClN4O6/c1-13-16(23)6-3-7-17(13)26-18(28)9-24-19(29)12-33-21(31)15-5-2-4-14(8-15)11-27-20(30)10-25-22(27)32/h2-8H,9-12H2,1H3,(H,24,29)(H,25,32)(H,26,28). The van der Waals surface area contributed by atoms with Crippen molar-refractivity contribution in [2.24, 2.45) is 0 Å². The van der Waals surface area contributed by atoms with E-state index in [9.17, 15) is 24.0 Å². The third-order valence-electron chi connectivity index (χ3n) is 4.76. The number of nitrogens with one attached hydrogen (secondary N) is 3. The van der Waals surface area contributed by atoms with E-state index in [1.165, 1.54) is 12.1 Å². The number of hydrogen-bond acceptors (Lipinski definition) is 6. The molecule has 2 aromatic carbocycles. The zero-order chi connectivity index (χ0) is 24.0. The van der Waals surface area contributed by atoms with Gasteiger partial charge in [0.2, 0.25) is 11.8 Å². The first-order valence-corrected chi connectivity index (χ1v) is 10.3. The second-order valence-corrected chi connectivity index (χ2v) is 7.56. The van der Waals surface area contributed by atoms with Crippen molar-refractivity contribution in [2.45, 2.75) is 13.5 Å². The van der Waals surface area contributed by atoms with Crippen molar-refractivity contribution >= 4 is 47.0 Å². The van der Waals surface area contributed by atoms with Crippen LogP contribution in [0.5, 0.6) is 0 Å². The Morgan fingerprint density at radius 2 is 1.88 bits per heavy atom. The van der Waals surface area contributed by atoms with E-state index in [4.69, 9.17) is 16.3 Å². The van der Waals surface area contributed by atoms with Crippen LogP contribution in [-0.4, -0.2) is 54.3 Å². The van der Waals surface area contributed by atoms with Crippen molar-refractivity contribution in [1.82, 2.24) is 15.5 Å². The molecule has 11 heteroatoms. The van der Waals surface area contributed by atoms with Crippen LogP contribution in [0.3, 0.4) is 0 Å². The minimum atomic E-state index is -0.761. The predicted molar refractivity (Wildman–Crippen MR) is 119 cm³/mol. The predicted octanol–water partition coefficient (Wildman–Crippen LogP) is 1.61. The molecule has 1 aliphatic heterocycles. The molecule has 33 heavy (non-hydrogen) atoms. The van der Waals surface area contributed by atoms with Gasteiger partial charge in [0.1, 0.15) is 0 Å². The fourth-order valence-electron chi connectivity index (χ4n) is 2.98. The van der Waals surface area contributed by atoms with Crippen LogP contribution in [-0.2, 0) is 25.7 Å². The summed E-state index contributed by atoms with van der Waals surface area (Å²) in [6.45, 7) is 0.798. The van der Waals surface area contributed by atoms with Crippen LogP contribution in [0.15, 0.2) is 42.5 Å². The number of hydrogen-bond donors (Lipinski definition) is 3. The quantitative estimate of drug-likeness (QED) is 0.395. The van der Waals surface area contributed by atoms with Crippen LogP contribution in [0.1, 0.15) is 21.5 Å². The third-order valence-corrected chi connectivity index (χ3v) is 5.17. The Morgan fingerprint density at radius 3 is 2.61 bits per heavy atom. The first-order valence-electron chi connectivity index (χ1n) is 9.90. The summed E-state index contributed by atoms with van der Waals surface area (Å²) in [6.07, 6.45) is 0. The zero-order valence-electron chi connectivity index (χ0n) is 17.6. The molecule has 0 aliphatic carbocycles. The average Bonchev–Trinajstić information content (AvgIpc) is 3.11. The highest BCUT2D eigenvalue weighted by atomic mass is 35.5. The number of benzene rings is 2. The number of amides is 5. The molecule has 0 bridgehead atoms. The first-order chi connectivity index (χ1) is 15.7. The molecule has 1 saturated heterocycles. The number of carbonyl (C=O) groups excluding carboxylic acids is 5. The van der Waals surface area contributed by atoms with Crippen LogP contribution in [0.2, 0.25) is 5.02 Å². The van der Waals surface area contributed by atoms with Gasteiger partial charge in [-0.15, -0.1) is 0 Å². The number of nitrogens with zero attached hydrogens (tertiary/aromatic N) is 1. The summed E-state index contributed by atoms with van der Waals surface area (Å²) in [5.74, 6) is -2.24. The average molecular weight is 473 g/mol. The van der Waals surface area contributed by atoms with E-state index in [-0.39, 0.29) is 31.1 Å². The normalized spacial score (nSPS) is 12.8. The number of halogens is 1. The Kier molecular flexibility index (Phi) is 7.62. The third kappa shape index (κ3) is 6.30. The largest absolute Gasteiger partial charge is 0.452 e. The van der Waals surface area contributed by atoms with Gasteiger partial charge >= 0.3 is 12.0 Å². The van der Waals surface area contributed by atoms with Crippen LogP contribution < -0.4 is 16.0 Å². The molecule has 3 rings (SSSR count). The van der Waals surface area contributed by atoms with Crippen molar-refractivity contribution in [1.29, 1.82) is 0 Å². The summed E-state index contributed by atoms with van der Waals surface area (Å²) < 4.78 is 4.98. The number of imide groups is 1. The lowest BCUT2D eigenvalue weighted by atomic mass is 10.1. The maximum absolute atomic E-state index is 12.3. The Morgan fingerprint density at radius 1 is 1.12 bits per heavy atom. The van der Waals surface area contributed by atoms with E-state index in [2.05, 4.69) is 16.0 Å². The van der Waals surface area contributed by atoms with Crippen molar-refractivity contribution in [2.75, 3.05) is 25.0 Å². The molecule has 1 aliphatic rings. The molecule has 0 radical (unpaired) electrons. The summed E-state index contributed by atoms with van der Waals surface area (Å²) in [5, 5.41) is 7.92.